The van der Waals surface area contributed by atoms with Gasteiger partial charge in [-0.2, -0.15) is 0 Å². The number of carboxylic acids is 1. The summed E-state index contributed by atoms with van der Waals surface area (Å²) in [5.41, 5.74) is 7.77. The lowest BCUT2D eigenvalue weighted by molar-refractivity contribution is -0.137. The molecular formula is C16H22N2O3. The number of anilines is 1. The number of fused-ring (bicyclic) bond motifs is 1. The normalized spacial score (nSPS) is 20.0. The van der Waals surface area contributed by atoms with Crippen LogP contribution in [0, 0.1) is 5.92 Å². The first-order valence-electron chi connectivity index (χ1n) is 7.33. The number of hydrogen-bond donors (Lipinski definition) is 2. The minimum absolute atomic E-state index is 0.0271. The Labute approximate surface area is 124 Å². The van der Waals surface area contributed by atoms with Crippen LogP contribution in [-0.2, 0) is 9.59 Å². The molecular weight excluding hydrogens is 268 g/mol. The van der Waals surface area contributed by atoms with Gasteiger partial charge in [-0.1, -0.05) is 38.5 Å². The van der Waals surface area contributed by atoms with Crippen LogP contribution in [0.5, 0.6) is 0 Å². The van der Waals surface area contributed by atoms with Gasteiger partial charge >= 0.3 is 5.97 Å². The number of para-hydroxylation sites is 1. The number of benzene rings is 1. The van der Waals surface area contributed by atoms with Crippen LogP contribution in [0.3, 0.4) is 0 Å². The molecule has 1 heterocycles. The third-order valence-electron chi connectivity index (χ3n) is 4.30. The number of carbonyl (C=O) groups excluding carboxylic acids is 1. The molecule has 0 spiro atoms. The fraction of sp³-hybridized carbons (Fsp3) is 0.500. The molecule has 0 saturated heterocycles. The van der Waals surface area contributed by atoms with E-state index in [4.69, 9.17) is 10.8 Å². The Morgan fingerprint density at radius 3 is 2.71 bits per heavy atom. The van der Waals surface area contributed by atoms with E-state index in [-0.39, 0.29) is 24.2 Å². The minimum Gasteiger partial charge on any atom is -0.481 e. The van der Waals surface area contributed by atoms with Crippen molar-refractivity contribution in [1.82, 2.24) is 0 Å². The van der Waals surface area contributed by atoms with Crippen LogP contribution in [0.2, 0.25) is 0 Å². The summed E-state index contributed by atoms with van der Waals surface area (Å²) in [6, 6.07) is 6.93. The van der Waals surface area contributed by atoms with E-state index in [0.29, 0.717) is 6.54 Å². The number of amides is 1. The van der Waals surface area contributed by atoms with Gasteiger partial charge in [0, 0.05) is 18.2 Å². The third-order valence-corrected chi connectivity index (χ3v) is 4.30. The van der Waals surface area contributed by atoms with Crippen LogP contribution >= 0.6 is 0 Å². The highest BCUT2D eigenvalue weighted by Gasteiger charge is 2.36. The molecule has 21 heavy (non-hydrogen) atoms. The minimum atomic E-state index is -0.852. The summed E-state index contributed by atoms with van der Waals surface area (Å²) in [6.07, 6.45) is 0.861. The van der Waals surface area contributed by atoms with Crippen molar-refractivity contribution < 1.29 is 14.7 Å². The Morgan fingerprint density at radius 1 is 1.43 bits per heavy atom. The maximum atomic E-state index is 12.6. The summed E-state index contributed by atoms with van der Waals surface area (Å²) in [6.45, 7) is 4.36. The van der Waals surface area contributed by atoms with E-state index in [2.05, 4.69) is 0 Å². The van der Waals surface area contributed by atoms with Gasteiger partial charge in [-0.15, -0.1) is 0 Å². The SMILES string of the molecule is CC[C@H](C)[C@H](N)C(=O)N1CC(CC(=O)O)c2ccccc21. The highest BCUT2D eigenvalue weighted by molar-refractivity contribution is 5.99. The molecule has 1 aliphatic heterocycles. The van der Waals surface area contributed by atoms with Gasteiger partial charge in [0.1, 0.15) is 0 Å². The highest BCUT2D eigenvalue weighted by Crippen LogP contribution is 2.38. The van der Waals surface area contributed by atoms with E-state index >= 15 is 0 Å². The van der Waals surface area contributed by atoms with Crippen molar-refractivity contribution in [3.63, 3.8) is 0 Å². The smallest absolute Gasteiger partial charge is 0.304 e. The number of nitrogens with two attached hydrogens (primary N) is 1. The molecule has 1 amide bonds. The summed E-state index contributed by atoms with van der Waals surface area (Å²) in [5.74, 6) is -1.03. The molecule has 0 bridgehead atoms. The lowest BCUT2D eigenvalue weighted by Gasteiger charge is -2.25. The zero-order chi connectivity index (χ0) is 15.6. The molecule has 0 saturated carbocycles. The average molecular weight is 290 g/mol. The van der Waals surface area contributed by atoms with Gasteiger partial charge in [-0.05, 0) is 17.5 Å². The molecule has 5 heteroatoms. The molecule has 0 radical (unpaired) electrons. The van der Waals surface area contributed by atoms with Crippen molar-refractivity contribution in [3.8, 4) is 0 Å². The molecule has 0 aromatic heterocycles. The van der Waals surface area contributed by atoms with Crippen molar-refractivity contribution in [2.45, 2.75) is 38.6 Å². The second kappa shape index (κ2) is 6.26. The second-order valence-electron chi connectivity index (χ2n) is 5.71. The van der Waals surface area contributed by atoms with Gasteiger partial charge < -0.3 is 15.7 Å². The first-order chi connectivity index (χ1) is 9.95. The first-order valence-corrected chi connectivity index (χ1v) is 7.33. The summed E-state index contributed by atoms with van der Waals surface area (Å²) in [5, 5.41) is 9.03. The molecule has 114 valence electrons. The quantitative estimate of drug-likeness (QED) is 0.868. The van der Waals surface area contributed by atoms with Crippen molar-refractivity contribution in [2.75, 3.05) is 11.4 Å². The van der Waals surface area contributed by atoms with Crippen molar-refractivity contribution >= 4 is 17.6 Å². The second-order valence-corrected chi connectivity index (χ2v) is 5.71. The molecule has 2 rings (SSSR count). The molecule has 0 fully saturated rings. The molecule has 1 unspecified atom stereocenters. The van der Waals surface area contributed by atoms with Gasteiger partial charge in [0.2, 0.25) is 5.91 Å². The fourth-order valence-electron chi connectivity index (χ4n) is 2.77. The predicted octanol–water partition coefficient (Wildman–Crippen LogP) is 1.96. The Hall–Kier alpha value is -1.88. The monoisotopic (exact) mass is 290 g/mol. The Morgan fingerprint density at radius 2 is 2.10 bits per heavy atom. The average Bonchev–Trinajstić information content (AvgIpc) is 2.83. The van der Waals surface area contributed by atoms with E-state index in [1.807, 2.05) is 38.1 Å². The Balaban J connectivity index is 2.26. The maximum absolute atomic E-state index is 12.6. The van der Waals surface area contributed by atoms with Gasteiger partial charge in [-0.25, -0.2) is 0 Å². The van der Waals surface area contributed by atoms with Crippen molar-refractivity contribution in [2.24, 2.45) is 11.7 Å². The number of hydrogen-bond acceptors (Lipinski definition) is 3. The highest BCUT2D eigenvalue weighted by atomic mass is 16.4. The Bertz CT molecular complexity index is 544. The summed E-state index contributed by atoms with van der Waals surface area (Å²) in [7, 11) is 0. The molecule has 5 nitrogen and oxygen atoms in total. The van der Waals surface area contributed by atoms with Crippen molar-refractivity contribution in [1.29, 1.82) is 0 Å². The number of nitrogens with zero attached hydrogens (tertiary/aromatic N) is 1. The van der Waals surface area contributed by atoms with Gasteiger partial charge in [-0.3, -0.25) is 9.59 Å². The van der Waals surface area contributed by atoms with Crippen LogP contribution < -0.4 is 10.6 Å². The molecule has 1 aliphatic rings. The van der Waals surface area contributed by atoms with Crippen LogP contribution in [0.4, 0.5) is 5.69 Å². The summed E-state index contributed by atoms with van der Waals surface area (Å²) >= 11 is 0. The number of rotatable bonds is 5. The number of carboxylic acid groups (broad SMARTS) is 1. The summed E-state index contributed by atoms with van der Waals surface area (Å²) in [4.78, 5) is 25.2. The number of carbonyl (C=O) groups is 2. The van der Waals surface area contributed by atoms with E-state index in [1.54, 1.807) is 4.90 Å². The molecule has 3 atom stereocenters. The maximum Gasteiger partial charge on any atom is 0.304 e. The van der Waals surface area contributed by atoms with E-state index in [0.717, 1.165) is 17.7 Å². The van der Waals surface area contributed by atoms with E-state index in [9.17, 15) is 9.59 Å². The van der Waals surface area contributed by atoms with Gasteiger partial charge in [0.15, 0.2) is 0 Å². The largest absolute Gasteiger partial charge is 0.481 e. The van der Waals surface area contributed by atoms with Crippen LogP contribution in [0.15, 0.2) is 24.3 Å². The van der Waals surface area contributed by atoms with Crippen LogP contribution in [0.25, 0.3) is 0 Å². The third kappa shape index (κ3) is 3.08. The summed E-state index contributed by atoms with van der Waals surface area (Å²) < 4.78 is 0. The number of aliphatic carboxylic acids is 1. The fourth-order valence-corrected chi connectivity index (χ4v) is 2.77. The topological polar surface area (TPSA) is 83.6 Å². The zero-order valence-corrected chi connectivity index (χ0v) is 12.5. The molecule has 3 N–H and O–H groups in total. The molecule has 1 aromatic carbocycles. The Kier molecular flexibility index (Phi) is 4.63. The van der Waals surface area contributed by atoms with Crippen LogP contribution in [-0.4, -0.2) is 29.6 Å². The van der Waals surface area contributed by atoms with Crippen molar-refractivity contribution in [3.05, 3.63) is 29.8 Å². The molecule has 0 aliphatic carbocycles. The van der Waals surface area contributed by atoms with Gasteiger partial charge in [0.25, 0.3) is 0 Å². The lowest BCUT2D eigenvalue weighted by atomic mass is 9.98. The van der Waals surface area contributed by atoms with Gasteiger partial charge in [0.05, 0.1) is 12.5 Å². The lowest BCUT2D eigenvalue weighted by Crippen LogP contribution is -2.46. The van der Waals surface area contributed by atoms with E-state index < -0.39 is 12.0 Å². The standard InChI is InChI=1S/C16H22N2O3/c1-3-10(2)15(17)16(21)18-9-11(8-14(19)20)12-6-4-5-7-13(12)18/h4-7,10-11,15H,3,8-9,17H2,1-2H3,(H,19,20)/t10-,11?,15-/m0/s1. The zero-order valence-electron chi connectivity index (χ0n) is 12.5. The molecule has 1 aromatic rings. The van der Waals surface area contributed by atoms with E-state index in [1.165, 1.54) is 0 Å². The predicted molar refractivity (Wildman–Crippen MR) is 81.2 cm³/mol. The first kappa shape index (κ1) is 15.5. The van der Waals surface area contributed by atoms with Crippen LogP contribution in [0.1, 0.15) is 38.2 Å².